The highest BCUT2D eigenvalue weighted by Crippen LogP contribution is 2.39. The van der Waals surface area contributed by atoms with Gasteiger partial charge in [0.05, 0.1) is 6.04 Å². The number of hydrogen-bond acceptors (Lipinski definition) is 6. The standard InChI is InChI=1S/C14H23N3O4/c1-5-9(15-13(19)21-14(2,3)4)10(18)12-17-16-11(20-12)8-6-7-8/h8-10,18H,5-7H2,1-4H3,(H,15,19)/t9-,10?/m0/s1. The summed E-state index contributed by atoms with van der Waals surface area (Å²) in [7, 11) is 0. The summed E-state index contributed by atoms with van der Waals surface area (Å²) >= 11 is 0. The number of carbonyl (C=O) groups excluding carboxylic acids is 1. The number of aliphatic hydroxyl groups is 1. The lowest BCUT2D eigenvalue weighted by atomic mass is 10.1. The molecule has 0 radical (unpaired) electrons. The molecule has 1 aromatic rings. The lowest BCUT2D eigenvalue weighted by Crippen LogP contribution is -2.42. The van der Waals surface area contributed by atoms with E-state index in [9.17, 15) is 9.90 Å². The molecule has 0 spiro atoms. The van der Waals surface area contributed by atoms with Crippen LogP contribution in [-0.4, -0.2) is 33.0 Å². The van der Waals surface area contributed by atoms with Gasteiger partial charge in [0.2, 0.25) is 11.8 Å². The molecule has 1 aliphatic carbocycles. The van der Waals surface area contributed by atoms with Crippen LogP contribution in [-0.2, 0) is 4.74 Å². The summed E-state index contributed by atoms with van der Waals surface area (Å²) in [6.45, 7) is 7.20. The summed E-state index contributed by atoms with van der Waals surface area (Å²) in [6, 6.07) is -0.535. The van der Waals surface area contributed by atoms with Gasteiger partial charge in [0.25, 0.3) is 0 Å². The Hall–Kier alpha value is -1.63. The molecular formula is C14H23N3O4. The van der Waals surface area contributed by atoms with Crippen molar-refractivity contribution in [1.29, 1.82) is 0 Å². The quantitative estimate of drug-likeness (QED) is 0.865. The summed E-state index contributed by atoms with van der Waals surface area (Å²) < 4.78 is 10.7. The van der Waals surface area contributed by atoms with E-state index in [2.05, 4.69) is 15.5 Å². The van der Waals surface area contributed by atoms with Crippen LogP contribution in [0.5, 0.6) is 0 Å². The molecule has 2 rings (SSSR count). The molecule has 118 valence electrons. The Bertz CT molecular complexity index is 491. The van der Waals surface area contributed by atoms with Crippen LogP contribution in [0.1, 0.15) is 70.8 Å². The van der Waals surface area contributed by atoms with E-state index >= 15 is 0 Å². The SMILES string of the molecule is CC[C@H](NC(=O)OC(C)(C)C)C(O)c1nnc(C2CC2)o1. The number of nitrogens with one attached hydrogen (secondary N) is 1. The molecule has 0 saturated heterocycles. The number of hydrogen-bond donors (Lipinski definition) is 2. The average molecular weight is 297 g/mol. The molecule has 1 aliphatic rings. The molecule has 0 bridgehead atoms. The maximum atomic E-state index is 11.8. The predicted octanol–water partition coefficient (Wildman–Crippen LogP) is 2.28. The number of aliphatic hydroxyl groups excluding tert-OH is 1. The van der Waals surface area contributed by atoms with Gasteiger partial charge in [0, 0.05) is 5.92 Å². The Kier molecular flexibility index (Phi) is 4.51. The lowest BCUT2D eigenvalue weighted by molar-refractivity contribution is 0.0383. The minimum Gasteiger partial charge on any atom is -0.444 e. The molecule has 0 aliphatic heterocycles. The Morgan fingerprint density at radius 1 is 1.48 bits per heavy atom. The Balaban J connectivity index is 1.96. The minimum absolute atomic E-state index is 0.139. The maximum Gasteiger partial charge on any atom is 0.407 e. The third-order valence-corrected chi connectivity index (χ3v) is 3.16. The van der Waals surface area contributed by atoms with Crippen LogP contribution in [0.3, 0.4) is 0 Å². The Labute approximate surface area is 124 Å². The topological polar surface area (TPSA) is 97.5 Å². The van der Waals surface area contributed by atoms with Crippen molar-refractivity contribution in [2.24, 2.45) is 0 Å². The number of alkyl carbamates (subject to hydrolysis) is 1. The first-order valence-electron chi connectivity index (χ1n) is 7.31. The fourth-order valence-corrected chi connectivity index (χ4v) is 1.90. The van der Waals surface area contributed by atoms with Crippen LogP contribution in [0.4, 0.5) is 4.79 Å². The van der Waals surface area contributed by atoms with E-state index in [1.807, 2.05) is 6.92 Å². The second-order valence-corrected chi connectivity index (χ2v) is 6.36. The summed E-state index contributed by atoms with van der Waals surface area (Å²) in [5, 5.41) is 20.7. The van der Waals surface area contributed by atoms with Crippen LogP contribution >= 0.6 is 0 Å². The largest absolute Gasteiger partial charge is 0.444 e. The normalized spacial score (nSPS) is 18.1. The van der Waals surface area contributed by atoms with E-state index in [1.54, 1.807) is 20.8 Å². The van der Waals surface area contributed by atoms with E-state index in [1.165, 1.54) is 0 Å². The van der Waals surface area contributed by atoms with E-state index in [0.29, 0.717) is 18.2 Å². The molecule has 1 amide bonds. The zero-order valence-electron chi connectivity index (χ0n) is 12.9. The van der Waals surface area contributed by atoms with Crippen molar-refractivity contribution >= 4 is 6.09 Å². The van der Waals surface area contributed by atoms with Crippen LogP contribution in [0.15, 0.2) is 4.42 Å². The molecule has 7 nitrogen and oxygen atoms in total. The smallest absolute Gasteiger partial charge is 0.407 e. The Morgan fingerprint density at radius 2 is 2.14 bits per heavy atom. The first kappa shape index (κ1) is 15.8. The molecule has 1 unspecified atom stereocenters. The minimum atomic E-state index is -1.04. The molecule has 1 heterocycles. The molecule has 21 heavy (non-hydrogen) atoms. The molecule has 1 fully saturated rings. The summed E-state index contributed by atoms with van der Waals surface area (Å²) in [6.07, 6.45) is 0.996. The summed E-state index contributed by atoms with van der Waals surface area (Å²) in [4.78, 5) is 11.8. The molecule has 1 saturated carbocycles. The molecule has 2 N–H and O–H groups in total. The lowest BCUT2D eigenvalue weighted by Gasteiger charge is -2.24. The highest BCUT2D eigenvalue weighted by Gasteiger charge is 2.32. The first-order chi connectivity index (χ1) is 9.80. The predicted molar refractivity (Wildman–Crippen MR) is 74.7 cm³/mol. The van der Waals surface area contributed by atoms with Gasteiger partial charge in [-0.1, -0.05) is 6.92 Å². The van der Waals surface area contributed by atoms with Crippen molar-refractivity contribution in [3.05, 3.63) is 11.8 Å². The van der Waals surface area contributed by atoms with Gasteiger partial charge in [-0.15, -0.1) is 10.2 Å². The number of aromatic nitrogens is 2. The van der Waals surface area contributed by atoms with Crippen LogP contribution < -0.4 is 5.32 Å². The average Bonchev–Trinajstić information content (AvgIpc) is 3.11. The third-order valence-electron chi connectivity index (χ3n) is 3.16. The van der Waals surface area contributed by atoms with E-state index in [0.717, 1.165) is 12.8 Å². The summed E-state index contributed by atoms with van der Waals surface area (Å²) in [5.74, 6) is 1.04. The van der Waals surface area contributed by atoms with Gasteiger partial charge in [0.1, 0.15) is 5.60 Å². The van der Waals surface area contributed by atoms with E-state index in [4.69, 9.17) is 9.15 Å². The van der Waals surface area contributed by atoms with Crippen LogP contribution in [0.25, 0.3) is 0 Å². The second kappa shape index (κ2) is 6.01. The molecule has 1 aromatic heterocycles. The van der Waals surface area contributed by atoms with E-state index < -0.39 is 23.8 Å². The van der Waals surface area contributed by atoms with Gasteiger partial charge < -0.3 is 19.6 Å². The van der Waals surface area contributed by atoms with Crippen molar-refractivity contribution in [2.45, 2.75) is 70.6 Å². The van der Waals surface area contributed by atoms with Crippen molar-refractivity contribution in [3.63, 3.8) is 0 Å². The fourth-order valence-electron chi connectivity index (χ4n) is 1.90. The number of rotatable bonds is 5. The van der Waals surface area contributed by atoms with Crippen molar-refractivity contribution in [3.8, 4) is 0 Å². The maximum absolute atomic E-state index is 11.8. The van der Waals surface area contributed by atoms with Gasteiger partial charge in [-0.05, 0) is 40.0 Å². The van der Waals surface area contributed by atoms with Crippen molar-refractivity contribution in [2.75, 3.05) is 0 Å². The third kappa shape index (κ3) is 4.42. The molecular weight excluding hydrogens is 274 g/mol. The van der Waals surface area contributed by atoms with Crippen LogP contribution in [0, 0.1) is 0 Å². The highest BCUT2D eigenvalue weighted by atomic mass is 16.6. The summed E-state index contributed by atoms with van der Waals surface area (Å²) in [5.41, 5.74) is -0.586. The highest BCUT2D eigenvalue weighted by molar-refractivity contribution is 5.68. The Morgan fingerprint density at radius 3 is 2.67 bits per heavy atom. The van der Waals surface area contributed by atoms with E-state index in [-0.39, 0.29) is 5.89 Å². The van der Waals surface area contributed by atoms with Gasteiger partial charge in [-0.2, -0.15) is 0 Å². The van der Waals surface area contributed by atoms with Crippen molar-refractivity contribution in [1.82, 2.24) is 15.5 Å². The van der Waals surface area contributed by atoms with Gasteiger partial charge in [-0.25, -0.2) is 4.79 Å². The number of ether oxygens (including phenoxy) is 1. The van der Waals surface area contributed by atoms with Crippen LogP contribution in [0.2, 0.25) is 0 Å². The number of nitrogens with zero attached hydrogens (tertiary/aromatic N) is 2. The van der Waals surface area contributed by atoms with Gasteiger partial charge in [0.15, 0.2) is 6.10 Å². The fraction of sp³-hybridized carbons (Fsp3) is 0.786. The number of amides is 1. The first-order valence-corrected chi connectivity index (χ1v) is 7.31. The number of carbonyl (C=O) groups is 1. The molecule has 2 atom stereocenters. The van der Waals surface area contributed by atoms with Gasteiger partial charge >= 0.3 is 6.09 Å². The zero-order valence-corrected chi connectivity index (χ0v) is 12.9. The van der Waals surface area contributed by atoms with Crippen molar-refractivity contribution < 1.29 is 19.1 Å². The molecule has 0 aromatic carbocycles. The zero-order chi connectivity index (χ0) is 15.6. The monoisotopic (exact) mass is 297 g/mol. The molecule has 7 heteroatoms. The second-order valence-electron chi connectivity index (χ2n) is 6.36. The van der Waals surface area contributed by atoms with Gasteiger partial charge in [-0.3, -0.25) is 0 Å².